The minimum absolute atomic E-state index is 0.0353. The number of aromatic nitrogens is 3. The van der Waals surface area contributed by atoms with E-state index in [0.717, 1.165) is 21.7 Å². The highest BCUT2D eigenvalue weighted by Gasteiger charge is 2.16. The van der Waals surface area contributed by atoms with E-state index in [1.807, 2.05) is 50.4 Å². The summed E-state index contributed by atoms with van der Waals surface area (Å²) in [4.78, 5) is 12.8. The van der Waals surface area contributed by atoms with Crippen molar-refractivity contribution >= 4 is 40.3 Å². The van der Waals surface area contributed by atoms with Crippen LogP contribution in [0.4, 0.5) is 10.9 Å². The average molecular weight is 374 g/mol. The molecule has 0 radical (unpaired) electrons. The van der Waals surface area contributed by atoms with Gasteiger partial charge in [-0.2, -0.15) is 4.68 Å². The number of hydrogen-bond acceptors (Lipinski definition) is 6. The summed E-state index contributed by atoms with van der Waals surface area (Å²) >= 11 is 6.94. The van der Waals surface area contributed by atoms with E-state index >= 15 is 0 Å². The number of nitrogens with two attached hydrogens (primary N) is 1. The quantitative estimate of drug-likeness (QED) is 0.526. The highest BCUT2D eigenvalue weighted by atomic mass is 32.1. The molecule has 0 spiro atoms. The van der Waals surface area contributed by atoms with Crippen LogP contribution in [0.5, 0.6) is 0 Å². The second-order valence-electron chi connectivity index (χ2n) is 5.92. The first-order valence-electron chi connectivity index (χ1n) is 7.73. The smallest absolute Gasteiger partial charge is 0.240 e. The zero-order chi connectivity index (χ0) is 18.1. The highest BCUT2D eigenvalue weighted by molar-refractivity contribution is 7.71. The van der Waals surface area contributed by atoms with Gasteiger partial charge in [-0.25, -0.2) is 4.68 Å². The van der Waals surface area contributed by atoms with Crippen LogP contribution in [0.15, 0.2) is 29.6 Å². The Morgan fingerprint density at radius 2 is 2.00 bits per heavy atom. The molecule has 3 aromatic rings. The number of anilines is 2. The molecule has 3 rings (SSSR count). The number of carbonyl (C=O) groups is 1. The molecule has 2 heterocycles. The molecule has 0 saturated heterocycles. The van der Waals surface area contributed by atoms with Crippen LogP contribution in [-0.2, 0) is 6.54 Å². The summed E-state index contributed by atoms with van der Waals surface area (Å²) in [5, 5.41) is 7.04. The van der Waals surface area contributed by atoms with Gasteiger partial charge in [-0.1, -0.05) is 17.7 Å². The highest BCUT2D eigenvalue weighted by Crippen LogP contribution is 2.19. The van der Waals surface area contributed by atoms with Gasteiger partial charge in [-0.3, -0.25) is 10.2 Å². The lowest BCUT2D eigenvalue weighted by Gasteiger charge is -2.10. The number of carbonyl (C=O) groups excluding carboxylic acids is 1. The van der Waals surface area contributed by atoms with Crippen LogP contribution in [0.1, 0.15) is 27.0 Å². The van der Waals surface area contributed by atoms with Crippen LogP contribution in [0, 0.1) is 25.5 Å². The summed E-state index contributed by atoms with van der Waals surface area (Å²) in [7, 11) is 0. The van der Waals surface area contributed by atoms with Crippen LogP contribution < -0.4 is 11.2 Å². The van der Waals surface area contributed by atoms with Crippen molar-refractivity contribution in [2.75, 3.05) is 11.2 Å². The Bertz CT molecular complexity index is 962. The minimum Gasteiger partial charge on any atom is -0.366 e. The van der Waals surface area contributed by atoms with Gasteiger partial charge in [-0.15, -0.1) is 16.4 Å². The molecular formula is C17H19N5OS2. The van der Waals surface area contributed by atoms with Gasteiger partial charge >= 0.3 is 0 Å². The van der Waals surface area contributed by atoms with Gasteiger partial charge < -0.3 is 5.73 Å². The largest absolute Gasteiger partial charge is 0.366 e. The summed E-state index contributed by atoms with van der Waals surface area (Å²) in [6.45, 7) is 5.95. The third-order valence-electron chi connectivity index (χ3n) is 3.86. The van der Waals surface area contributed by atoms with Gasteiger partial charge in [0.2, 0.25) is 10.7 Å². The zero-order valence-electron chi connectivity index (χ0n) is 14.2. The molecule has 0 aliphatic heterocycles. The average Bonchev–Trinajstić information content (AvgIpc) is 3.11. The minimum atomic E-state index is -0.0353. The van der Waals surface area contributed by atoms with Crippen LogP contribution >= 0.6 is 23.6 Å². The SMILES string of the molecule is Cc1cc(C)c(C(=O)Cn2nc(N)n(Nc3cccs3)c2=S)c(C)c1. The van der Waals surface area contributed by atoms with E-state index in [0.29, 0.717) is 10.3 Å². The van der Waals surface area contributed by atoms with Crippen LogP contribution in [0.25, 0.3) is 0 Å². The van der Waals surface area contributed by atoms with Crippen molar-refractivity contribution in [3.8, 4) is 0 Å². The van der Waals surface area contributed by atoms with Crippen molar-refractivity contribution in [2.45, 2.75) is 27.3 Å². The Kier molecular flexibility index (Phi) is 4.73. The normalized spacial score (nSPS) is 10.8. The summed E-state index contributed by atoms with van der Waals surface area (Å²) in [5.41, 5.74) is 12.8. The first-order chi connectivity index (χ1) is 11.9. The monoisotopic (exact) mass is 373 g/mol. The van der Waals surface area contributed by atoms with Crippen LogP contribution in [0.2, 0.25) is 0 Å². The summed E-state index contributed by atoms with van der Waals surface area (Å²) in [5.74, 6) is 0.176. The lowest BCUT2D eigenvalue weighted by atomic mass is 9.96. The lowest BCUT2D eigenvalue weighted by molar-refractivity contribution is 0.0966. The maximum absolute atomic E-state index is 12.8. The molecular weight excluding hydrogens is 354 g/mol. The van der Waals surface area contributed by atoms with Crippen LogP contribution in [-0.4, -0.2) is 20.2 Å². The second kappa shape index (κ2) is 6.81. The molecule has 130 valence electrons. The van der Waals surface area contributed by atoms with E-state index in [1.54, 1.807) is 0 Å². The zero-order valence-corrected chi connectivity index (χ0v) is 15.9. The molecule has 3 N–H and O–H groups in total. The summed E-state index contributed by atoms with van der Waals surface area (Å²) < 4.78 is 3.30. The molecule has 0 amide bonds. The second-order valence-corrected chi connectivity index (χ2v) is 7.23. The Balaban J connectivity index is 1.89. The number of benzene rings is 1. The van der Waals surface area contributed by atoms with Crippen molar-refractivity contribution < 1.29 is 4.79 Å². The summed E-state index contributed by atoms with van der Waals surface area (Å²) in [6, 6.07) is 7.84. The van der Waals surface area contributed by atoms with E-state index in [4.69, 9.17) is 18.0 Å². The number of rotatable bonds is 5. The van der Waals surface area contributed by atoms with Gasteiger partial charge in [0, 0.05) is 5.56 Å². The fourth-order valence-corrected chi connectivity index (χ4v) is 3.77. The van der Waals surface area contributed by atoms with E-state index in [-0.39, 0.29) is 18.3 Å². The Morgan fingerprint density at radius 1 is 1.32 bits per heavy atom. The van der Waals surface area contributed by atoms with Gasteiger partial charge in [-0.05, 0) is 61.6 Å². The van der Waals surface area contributed by atoms with Crippen molar-refractivity contribution in [3.05, 3.63) is 56.7 Å². The predicted molar refractivity (Wildman–Crippen MR) is 104 cm³/mol. The first kappa shape index (κ1) is 17.4. The fourth-order valence-electron chi connectivity index (χ4n) is 2.92. The van der Waals surface area contributed by atoms with Crippen molar-refractivity contribution in [1.82, 2.24) is 14.5 Å². The van der Waals surface area contributed by atoms with E-state index in [1.165, 1.54) is 20.7 Å². The number of Topliss-reactive ketones (excluding diaryl/α,β-unsaturated/α-hetero) is 1. The molecule has 0 aliphatic rings. The molecule has 6 nitrogen and oxygen atoms in total. The Morgan fingerprint density at radius 3 is 2.60 bits per heavy atom. The Labute approximate surface area is 154 Å². The molecule has 25 heavy (non-hydrogen) atoms. The number of aryl methyl sites for hydroxylation is 3. The van der Waals surface area contributed by atoms with Crippen molar-refractivity contribution in [3.63, 3.8) is 0 Å². The molecule has 8 heteroatoms. The standard InChI is InChI=1S/C17H19N5OS2/c1-10-7-11(2)15(12(3)8-10)13(23)9-21-17(24)22(16(18)20-21)19-14-5-4-6-25-14/h4-8,19H,9H2,1-3H3,(H2,18,20). The van der Waals surface area contributed by atoms with E-state index in [2.05, 4.69) is 10.5 Å². The molecule has 0 atom stereocenters. The summed E-state index contributed by atoms with van der Waals surface area (Å²) in [6.07, 6.45) is 0. The maximum Gasteiger partial charge on any atom is 0.240 e. The molecule has 0 unspecified atom stereocenters. The lowest BCUT2D eigenvalue weighted by Crippen LogP contribution is -2.16. The third-order valence-corrected chi connectivity index (χ3v) is 5.02. The fraction of sp³-hybridized carbons (Fsp3) is 0.235. The van der Waals surface area contributed by atoms with Gasteiger partial charge in [0.25, 0.3) is 0 Å². The van der Waals surface area contributed by atoms with Crippen molar-refractivity contribution in [1.29, 1.82) is 0 Å². The molecule has 1 aromatic carbocycles. The van der Waals surface area contributed by atoms with Crippen molar-refractivity contribution in [2.24, 2.45) is 0 Å². The predicted octanol–water partition coefficient (Wildman–Crippen LogP) is 3.74. The number of nitrogen functional groups attached to an aromatic ring is 1. The number of thiophene rings is 1. The maximum atomic E-state index is 12.8. The van der Waals surface area contributed by atoms with Crippen LogP contribution in [0.3, 0.4) is 0 Å². The molecule has 0 fully saturated rings. The van der Waals surface area contributed by atoms with Gasteiger partial charge in [0.15, 0.2) is 5.78 Å². The van der Waals surface area contributed by atoms with E-state index < -0.39 is 0 Å². The molecule has 0 aliphatic carbocycles. The van der Waals surface area contributed by atoms with E-state index in [9.17, 15) is 4.79 Å². The molecule has 0 saturated carbocycles. The van der Waals surface area contributed by atoms with Gasteiger partial charge in [0.05, 0.1) is 0 Å². The topological polar surface area (TPSA) is 77.9 Å². The first-order valence-corrected chi connectivity index (χ1v) is 9.02. The third kappa shape index (κ3) is 3.49. The molecule has 0 bridgehead atoms. The number of nitrogens with zero attached hydrogens (tertiary/aromatic N) is 3. The molecule has 2 aromatic heterocycles. The number of ketones is 1. The number of nitrogens with one attached hydrogen (secondary N) is 1. The Hall–Kier alpha value is -2.45. The number of hydrogen-bond donors (Lipinski definition) is 2. The van der Waals surface area contributed by atoms with Gasteiger partial charge in [0.1, 0.15) is 11.5 Å².